The number of carbonyl (C=O) groups excluding carboxylic acids is 1. The summed E-state index contributed by atoms with van der Waals surface area (Å²) in [6.45, 7) is 0. The van der Waals surface area contributed by atoms with Crippen LogP contribution in [0.2, 0.25) is 0 Å². The molecule has 1 aromatic heterocycles. The van der Waals surface area contributed by atoms with Gasteiger partial charge in [-0.25, -0.2) is 4.98 Å². The smallest absolute Gasteiger partial charge is 0.236 e. The van der Waals surface area contributed by atoms with Gasteiger partial charge in [0, 0.05) is 17.3 Å². The standard InChI is InChI=1S/C13H11N3OS2/c14-7-10-1-3-11(4-2-10)8-18-9-12(17)16-13-15-5-6-19-13/h1-6H,8-9H2,(H,15,16,17). The van der Waals surface area contributed by atoms with Gasteiger partial charge in [0.05, 0.1) is 17.4 Å². The molecule has 0 saturated heterocycles. The van der Waals surface area contributed by atoms with Crippen molar-refractivity contribution in [1.29, 1.82) is 5.26 Å². The molecule has 0 atom stereocenters. The number of thiazole rings is 1. The first kappa shape index (κ1) is 13.6. The summed E-state index contributed by atoms with van der Waals surface area (Å²) in [7, 11) is 0. The van der Waals surface area contributed by atoms with Crippen LogP contribution in [0, 0.1) is 11.3 Å². The highest BCUT2D eigenvalue weighted by Gasteiger charge is 2.04. The van der Waals surface area contributed by atoms with E-state index in [9.17, 15) is 4.79 Å². The third kappa shape index (κ3) is 4.39. The SMILES string of the molecule is N#Cc1ccc(CSCC(=O)Nc2nccs2)cc1. The zero-order chi connectivity index (χ0) is 13.5. The maximum Gasteiger partial charge on any atom is 0.236 e. The second-order valence-electron chi connectivity index (χ2n) is 3.69. The summed E-state index contributed by atoms with van der Waals surface area (Å²) in [5, 5.41) is 13.9. The summed E-state index contributed by atoms with van der Waals surface area (Å²) in [5.41, 5.74) is 1.75. The number of anilines is 1. The Kier molecular flexibility index (Phi) is 4.95. The van der Waals surface area contributed by atoms with Crippen LogP contribution in [0.5, 0.6) is 0 Å². The molecule has 0 aliphatic rings. The van der Waals surface area contributed by atoms with E-state index >= 15 is 0 Å². The molecule has 0 aliphatic heterocycles. The fourth-order valence-electron chi connectivity index (χ4n) is 1.38. The van der Waals surface area contributed by atoms with Gasteiger partial charge in [-0.3, -0.25) is 4.79 Å². The minimum atomic E-state index is -0.0476. The third-order valence-electron chi connectivity index (χ3n) is 2.26. The molecule has 0 radical (unpaired) electrons. The van der Waals surface area contributed by atoms with Crippen molar-refractivity contribution in [2.45, 2.75) is 5.75 Å². The molecule has 0 spiro atoms. The van der Waals surface area contributed by atoms with Gasteiger partial charge in [0.1, 0.15) is 0 Å². The number of nitriles is 1. The van der Waals surface area contributed by atoms with Crippen LogP contribution in [0.4, 0.5) is 5.13 Å². The summed E-state index contributed by atoms with van der Waals surface area (Å²) in [6, 6.07) is 9.46. The molecule has 0 unspecified atom stereocenters. The van der Waals surface area contributed by atoms with Crippen LogP contribution in [0.3, 0.4) is 0 Å². The van der Waals surface area contributed by atoms with E-state index < -0.39 is 0 Å². The number of aromatic nitrogens is 1. The van der Waals surface area contributed by atoms with Crippen molar-refractivity contribution in [3.63, 3.8) is 0 Å². The molecule has 0 saturated carbocycles. The molecule has 96 valence electrons. The summed E-state index contributed by atoms with van der Waals surface area (Å²) in [4.78, 5) is 15.6. The Balaban J connectivity index is 1.74. The number of hydrogen-bond acceptors (Lipinski definition) is 5. The van der Waals surface area contributed by atoms with E-state index in [4.69, 9.17) is 5.26 Å². The molecule has 1 heterocycles. The number of rotatable bonds is 5. The van der Waals surface area contributed by atoms with Crippen molar-refractivity contribution in [3.8, 4) is 6.07 Å². The lowest BCUT2D eigenvalue weighted by Crippen LogP contribution is -2.13. The van der Waals surface area contributed by atoms with E-state index in [-0.39, 0.29) is 5.91 Å². The number of nitrogens with zero attached hydrogens (tertiary/aromatic N) is 2. The molecule has 1 N–H and O–H groups in total. The van der Waals surface area contributed by atoms with E-state index in [2.05, 4.69) is 16.4 Å². The van der Waals surface area contributed by atoms with E-state index in [1.54, 1.807) is 18.3 Å². The van der Waals surface area contributed by atoms with E-state index in [1.807, 2.05) is 17.5 Å². The fraction of sp³-hybridized carbons (Fsp3) is 0.154. The van der Waals surface area contributed by atoms with Gasteiger partial charge in [0.25, 0.3) is 0 Å². The lowest BCUT2D eigenvalue weighted by atomic mass is 10.2. The summed E-state index contributed by atoms with van der Waals surface area (Å²) in [6.07, 6.45) is 1.66. The Morgan fingerprint density at radius 3 is 2.84 bits per heavy atom. The first-order valence-corrected chi connectivity index (χ1v) is 7.57. The second-order valence-corrected chi connectivity index (χ2v) is 5.57. The van der Waals surface area contributed by atoms with Gasteiger partial charge in [0.15, 0.2) is 5.13 Å². The van der Waals surface area contributed by atoms with Crippen molar-refractivity contribution in [2.75, 3.05) is 11.1 Å². The molecule has 0 aliphatic carbocycles. The summed E-state index contributed by atoms with van der Waals surface area (Å²) < 4.78 is 0. The van der Waals surface area contributed by atoms with Gasteiger partial charge >= 0.3 is 0 Å². The molecule has 6 heteroatoms. The van der Waals surface area contributed by atoms with E-state index in [1.165, 1.54) is 23.1 Å². The van der Waals surface area contributed by atoms with Gasteiger partial charge in [0.2, 0.25) is 5.91 Å². The molecule has 4 nitrogen and oxygen atoms in total. The van der Waals surface area contributed by atoms with Gasteiger partial charge in [-0.05, 0) is 17.7 Å². The largest absolute Gasteiger partial charge is 0.301 e. The number of benzene rings is 1. The maximum atomic E-state index is 11.6. The Hall–Kier alpha value is -1.84. The molecule has 0 bridgehead atoms. The minimum absolute atomic E-state index is 0.0476. The van der Waals surface area contributed by atoms with E-state index in [0.29, 0.717) is 16.4 Å². The lowest BCUT2D eigenvalue weighted by molar-refractivity contribution is -0.113. The normalized spacial score (nSPS) is 9.84. The van der Waals surface area contributed by atoms with Crippen LogP contribution < -0.4 is 5.32 Å². The summed E-state index contributed by atoms with van der Waals surface area (Å²) in [5.74, 6) is 1.09. The minimum Gasteiger partial charge on any atom is -0.301 e. The average Bonchev–Trinajstić information content (AvgIpc) is 2.92. The third-order valence-corrected chi connectivity index (χ3v) is 3.96. The zero-order valence-corrected chi connectivity index (χ0v) is 11.6. The lowest BCUT2D eigenvalue weighted by Gasteiger charge is -2.02. The van der Waals surface area contributed by atoms with Crippen LogP contribution in [0.25, 0.3) is 0 Å². The van der Waals surface area contributed by atoms with Gasteiger partial charge < -0.3 is 5.32 Å². The number of nitrogens with one attached hydrogen (secondary N) is 1. The predicted octanol–water partition coefficient (Wildman–Crippen LogP) is 2.89. The molecule has 2 aromatic rings. The monoisotopic (exact) mass is 289 g/mol. The van der Waals surface area contributed by atoms with Gasteiger partial charge in [-0.1, -0.05) is 12.1 Å². The van der Waals surface area contributed by atoms with Crippen LogP contribution in [-0.2, 0) is 10.5 Å². The van der Waals surface area contributed by atoms with Crippen LogP contribution in [0.1, 0.15) is 11.1 Å². The fourth-order valence-corrected chi connectivity index (χ4v) is 2.71. The molecule has 19 heavy (non-hydrogen) atoms. The number of hydrogen-bond donors (Lipinski definition) is 1. The highest BCUT2D eigenvalue weighted by molar-refractivity contribution is 7.99. The number of carbonyl (C=O) groups is 1. The summed E-state index contributed by atoms with van der Waals surface area (Å²) >= 11 is 2.93. The average molecular weight is 289 g/mol. The van der Waals surface area contributed by atoms with Crippen molar-refractivity contribution in [1.82, 2.24) is 4.98 Å². The maximum absolute atomic E-state index is 11.6. The Morgan fingerprint density at radius 2 is 2.21 bits per heavy atom. The number of amides is 1. The molecule has 0 fully saturated rings. The quantitative estimate of drug-likeness (QED) is 0.919. The second kappa shape index (κ2) is 6.92. The van der Waals surface area contributed by atoms with Crippen LogP contribution >= 0.6 is 23.1 Å². The highest BCUT2D eigenvalue weighted by atomic mass is 32.2. The number of thioether (sulfide) groups is 1. The molecule has 2 rings (SSSR count). The van der Waals surface area contributed by atoms with Gasteiger partial charge in [-0.15, -0.1) is 23.1 Å². The van der Waals surface area contributed by atoms with Crippen LogP contribution in [0.15, 0.2) is 35.8 Å². The molecular weight excluding hydrogens is 278 g/mol. The first-order chi connectivity index (χ1) is 9.28. The van der Waals surface area contributed by atoms with Crippen molar-refractivity contribution in [3.05, 3.63) is 47.0 Å². The highest BCUT2D eigenvalue weighted by Crippen LogP contribution is 2.15. The Morgan fingerprint density at radius 1 is 1.42 bits per heavy atom. The first-order valence-electron chi connectivity index (χ1n) is 5.54. The van der Waals surface area contributed by atoms with Gasteiger partial charge in [-0.2, -0.15) is 5.26 Å². The Labute approximate surface area is 119 Å². The molecular formula is C13H11N3OS2. The van der Waals surface area contributed by atoms with Crippen molar-refractivity contribution in [2.24, 2.45) is 0 Å². The molecule has 1 aromatic carbocycles. The van der Waals surface area contributed by atoms with E-state index in [0.717, 1.165) is 11.3 Å². The Bertz CT molecular complexity index is 573. The zero-order valence-electron chi connectivity index (χ0n) is 10.00. The van der Waals surface area contributed by atoms with Crippen molar-refractivity contribution >= 4 is 34.1 Å². The molecule has 1 amide bonds. The van der Waals surface area contributed by atoms with Crippen LogP contribution in [-0.4, -0.2) is 16.6 Å². The van der Waals surface area contributed by atoms with Crippen molar-refractivity contribution < 1.29 is 4.79 Å². The topological polar surface area (TPSA) is 65.8 Å². The predicted molar refractivity (Wildman–Crippen MR) is 78.1 cm³/mol.